The predicted octanol–water partition coefficient (Wildman–Crippen LogP) is 1.42. The van der Waals surface area contributed by atoms with Gasteiger partial charge in [-0.05, 0) is 68.0 Å². The van der Waals surface area contributed by atoms with E-state index in [1.54, 1.807) is 4.31 Å². The van der Waals surface area contributed by atoms with Crippen LogP contribution in [0, 0.1) is 5.92 Å². The lowest BCUT2D eigenvalue weighted by Gasteiger charge is -2.39. The van der Waals surface area contributed by atoms with Gasteiger partial charge in [-0.1, -0.05) is 12.8 Å². The first kappa shape index (κ1) is 18.3. The van der Waals surface area contributed by atoms with Crippen LogP contribution in [0.2, 0.25) is 0 Å². The summed E-state index contributed by atoms with van der Waals surface area (Å²) in [5.41, 5.74) is 0. The van der Waals surface area contributed by atoms with Crippen molar-refractivity contribution in [3.8, 4) is 0 Å². The minimum Gasteiger partial charge on any atom is -0.296 e. The van der Waals surface area contributed by atoms with E-state index in [1.807, 2.05) is 4.68 Å². The van der Waals surface area contributed by atoms with Gasteiger partial charge >= 0.3 is 0 Å². The number of hydrogen-bond acceptors (Lipinski definition) is 6. The van der Waals surface area contributed by atoms with Gasteiger partial charge in [-0.25, -0.2) is 13.1 Å². The molecule has 8 nitrogen and oxygen atoms in total. The van der Waals surface area contributed by atoms with Gasteiger partial charge in [-0.2, -0.15) is 4.31 Å². The molecular formula is C17H30N6O2S. The summed E-state index contributed by atoms with van der Waals surface area (Å²) in [5, 5.41) is 12.2. The van der Waals surface area contributed by atoms with Crippen molar-refractivity contribution < 1.29 is 8.42 Å². The van der Waals surface area contributed by atoms with Crippen molar-refractivity contribution in [2.45, 2.75) is 70.0 Å². The van der Waals surface area contributed by atoms with Crippen LogP contribution < -0.4 is 0 Å². The summed E-state index contributed by atoms with van der Waals surface area (Å²) in [6.45, 7) is 3.49. The minimum atomic E-state index is -3.12. The molecule has 0 aromatic carbocycles. The SMILES string of the molecule is CS(=O)(=O)N1CCCCCC1C1CCN(Cc2nnnn2C2CC2)CC1. The first-order valence-corrected chi connectivity index (χ1v) is 11.8. The van der Waals surface area contributed by atoms with Crippen molar-refractivity contribution >= 4 is 10.0 Å². The summed E-state index contributed by atoms with van der Waals surface area (Å²) in [4.78, 5) is 2.42. The van der Waals surface area contributed by atoms with E-state index in [2.05, 4.69) is 20.4 Å². The van der Waals surface area contributed by atoms with Crippen LogP contribution in [0.3, 0.4) is 0 Å². The zero-order chi connectivity index (χ0) is 18.1. The summed E-state index contributed by atoms with van der Waals surface area (Å²) in [7, 11) is -3.12. The first-order chi connectivity index (χ1) is 12.5. The summed E-state index contributed by atoms with van der Waals surface area (Å²) in [6.07, 6.45) is 10.1. The molecule has 2 saturated heterocycles. The maximum absolute atomic E-state index is 12.3. The fourth-order valence-electron chi connectivity index (χ4n) is 4.61. The second-order valence-electron chi connectivity index (χ2n) is 8.17. The molecule has 146 valence electrons. The van der Waals surface area contributed by atoms with Crippen molar-refractivity contribution in [1.82, 2.24) is 29.4 Å². The zero-order valence-corrected chi connectivity index (χ0v) is 16.4. The van der Waals surface area contributed by atoms with E-state index in [-0.39, 0.29) is 6.04 Å². The molecule has 1 unspecified atom stereocenters. The Morgan fingerprint density at radius 2 is 1.77 bits per heavy atom. The molecule has 0 radical (unpaired) electrons. The standard InChI is InChI=1S/C17H30N6O2S/c1-26(24,25)22-10-4-2-3-5-16(22)14-8-11-21(12-9-14)13-17-18-19-20-23(17)15-6-7-15/h14-16H,2-13H2,1H3. The van der Waals surface area contributed by atoms with Gasteiger partial charge in [0.05, 0.1) is 18.8 Å². The lowest BCUT2D eigenvalue weighted by molar-refractivity contribution is 0.121. The molecule has 1 aromatic rings. The van der Waals surface area contributed by atoms with E-state index in [0.29, 0.717) is 18.5 Å². The van der Waals surface area contributed by atoms with Gasteiger partial charge in [0.1, 0.15) is 0 Å². The molecule has 0 amide bonds. The van der Waals surface area contributed by atoms with Crippen LogP contribution in [-0.4, -0.2) is 69.8 Å². The lowest BCUT2D eigenvalue weighted by atomic mass is 9.87. The van der Waals surface area contributed by atoms with Crippen LogP contribution in [-0.2, 0) is 16.6 Å². The number of likely N-dealkylation sites (tertiary alicyclic amines) is 1. The molecule has 1 aromatic heterocycles. The van der Waals surface area contributed by atoms with Gasteiger partial charge in [0.25, 0.3) is 0 Å². The highest BCUT2D eigenvalue weighted by atomic mass is 32.2. The summed E-state index contributed by atoms with van der Waals surface area (Å²) >= 11 is 0. The molecule has 1 atom stereocenters. The number of hydrogen-bond donors (Lipinski definition) is 0. The molecule has 3 fully saturated rings. The molecule has 2 aliphatic heterocycles. The summed E-state index contributed by atoms with van der Waals surface area (Å²) < 4.78 is 28.3. The van der Waals surface area contributed by atoms with E-state index in [0.717, 1.165) is 64.0 Å². The Kier molecular flexibility index (Phi) is 5.29. The van der Waals surface area contributed by atoms with Crippen LogP contribution >= 0.6 is 0 Å². The third kappa shape index (κ3) is 4.09. The van der Waals surface area contributed by atoms with Gasteiger partial charge in [-0.3, -0.25) is 4.90 Å². The fourth-order valence-corrected chi connectivity index (χ4v) is 5.84. The topological polar surface area (TPSA) is 84.2 Å². The molecule has 0 N–H and O–H groups in total. The average molecular weight is 383 g/mol. The zero-order valence-electron chi connectivity index (χ0n) is 15.6. The second-order valence-corrected chi connectivity index (χ2v) is 10.1. The first-order valence-electron chi connectivity index (χ1n) is 9.98. The summed E-state index contributed by atoms with van der Waals surface area (Å²) in [6, 6.07) is 0.693. The highest BCUT2D eigenvalue weighted by molar-refractivity contribution is 7.88. The molecule has 4 rings (SSSR count). The predicted molar refractivity (Wildman–Crippen MR) is 97.9 cm³/mol. The normalized spacial score (nSPS) is 27.5. The lowest BCUT2D eigenvalue weighted by Crippen LogP contribution is -2.47. The summed E-state index contributed by atoms with van der Waals surface area (Å²) in [5.74, 6) is 1.44. The molecule has 1 aliphatic carbocycles. The van der Waals surface area contributed by atoms with Crippen molar-refractivity contribution in [2.24, 2.45) is 5.92 Å². The van der Waals surface area contributed by atoms with Crippen molar-refractivity contribution in [1.29, 1.82) is 0 Å². The van der Waals surface area contributed by atoms with Crippen LogP contribution in [0.5, 0.6) is 0 Å². The van der Waals surface area contributed by atoms with Crippen LogP contribution in [0.15, 0.2) is 0 Å². The van der Waals surface area contributed by atoms with Crippen LogP contribution in [0.1, 0.15) is 63.2 Å². The molecule has 1 saturated carbocycles. The molecule has 0 spiro atoms. The minimum absolute atomic E-state index is 0.187. The van der Waals surface area contributed by atoms with Crippen LogP contribution in [0.4, 0.5) is 0 Å². The molecule has 3 aliphatic rings. The van der Waals surface area contributed by atoms with Gasteiger partial charge in [0, 0.05) is 12.6 Å². The third-order valence-corrected chi connectivity index (χ3v) is 7.47. The van der Waals surface area contributed by atoms with E-state index >= 15 is 0 Å². The Morgan fingerprint density at radius 1 is 1.00 bits per heavy atom. The highest BCUT2D eigenvalue weighted by Gasteiger charge is 2.36. The van der Waals surface area contributed by atoms with Gasteiger partial charge in [-0.15, -0.1) is 5.10 Å². The Labute approximate surface area is 156 Å². The maximum atomic E-state index is 12.3. The molecule has 3 heterocycles. The molecule has 26 heavy (non-hydrogen) atoms. The van der Waals surface area contributed by atoms with E-state index in [1.165, 1.54) is 19.1 Å². The average Bonchev–Trinajstić information content (AvgIpc) is 3.39. The van der Waals surface area contributed by atoms with Gasteiger partial charge in [0.2, 0.25) is 10.0 Å². The Hall–Kier alpha value is -1.06. The largest absolute Gasteiger partial charge is 0.296 e. The highest BCUT2D eigenvalue weighted by Crippen LogP contribution is 2.35. The smallest absolute Gasteiger partial charge is 0.211 e. The number of piperidine rings is 1. The van der Waals surface area contributed by atoms with Crippen LogP contribution in [0.25, 0.3) is 0 Å². The molecular weight excluding hydrogens is 352 g/mol. The van der Waals surface area contributed by atoms with Gasteiger partial charge in [0.15, 0.2) is 5.82 Å². The van der Waals surface area contributed by atoms with Gasteiger partial charge < -0.3 is 0 Å². The number of nitrogens with zero attached hydrogens (tertiary/aromatic N) is 6. The third-order valence-electron chi connectivity index (χ3n) is 6.17. The maximum Gasteiger partial charge on any atom is 0.211 e. The number of sulfonamides is 1. The molecule has 0 bridgehead atoms. The van der Waals surface area contributed by atoms with E-state index in [9.17, 15) is 8.42 Å². The quantitative estimate of drug-likeness (QED) is 0.766. The van der Waals surface area contributed by atoms with Crippen molar-refractivity contribution in [2.75, 3.05) is 25.9 Å². The Balaban J connectivity index is 1.37. The van der Waals surface area contributed by atoms with E-state index in [4.69, 9.17) is 0 Å². The van der Waals surface area contributed by atoms with Crippen molar-refractivity contribution in [3.05, 3.63) is 5.82 Å². The molecule has 9 heteroatoms. The van der Waals surface area contributed by atoms with E-state index < -0.39 is 10.0 Å². The van der Waals surface area contributed by atoms with Crippen molar-refractivity contribution in [3.63, 3.8) is 0 Å². The second kappa shape index (κ2) is 7.52. The number of tetrazole rings is 1. The Morgan fingerprint density at radius 3 is 2.46 bits per heavy atom. The number of aromatic nitrogens is 4. The number of rotatable bonds is 5. The fraction of sp³-hybridized carbons (Fsp3) is 0.941. The monoisotopic (exact) mass is 382 g/mol. The Bertz CT molecular complexity index is 709.